The van der Waals surface area contributed by atoms with Crippen LogP contribution < -0.4 is 4.74 Å². The second-order valence-corrected chi connectivity index (χ2v) is 3.79. The summed E-state index contributed by atoms with van der Waals surface area (Å²) >= 11 is 0. The van der Waals surface area contributed by atoms with Gasteiger partial charge in [0.2, 0.25) is 0 Å². The van der Waals surface area contributed by atoms with Gasteiger partial charge in [-0.2, -0.15) is 0 Å². The van der Waals surface area contributed by atoms with Crippen LogP contribution in [0.25, 0.3) is 0 Å². The average Bonchev–Trinajstić information content (AvgIpc) is 2.29. The molecule has 0 atom stereocenters. The highest BCUT2D eigenvalue weighted by Crippen LogP contribution is 2.14. The number of Topliss-reactive ketones (excluding diaryl/α,β-unsaturated/α-hetero) is 1. The van der Waals surface area contributed by atoms with Gasteiger partial charge < -0.3 is 9.57 Å². The predicted molar refractivity (Wildman–Crippen MR) is 66.7 cm³/mol. The lowest BCUT2D eigenvalue weighted by Gasteiger charge is -2.09. The Bertz CT molecular complexity index is 382. The lowest BCUT2D eigenvalue weighted by Crippen LogP contribution is -2.06. The summed E-state index contributed by atoms with van der Waals surface area (Å²) in [5, 5.41) is 3.52. The molecule has 4 heteroatoms. The summed E-state index contributed by atoms with van der Waals surface area (Å²) < 4.78 is 5.49. The summed E-state index contributed by atoms with van der Waals surface area (Å²) in [7, 11) is 1.44. The lowest BCUT2D eigenvalue weighted by molar-refractivity contribution is 0.1000. The van der Waals surface area contributed by atoms with Crippen LogP contribution in [0.2, 0.25) is 0 Å². The summed E-state index contributed by atoms with van der Waals surface area (Å²) in [5.41, 5.74) is 0.642. The highest BCUT2D eigenvalue weighted by molar-refractivity contribution is 6.03. The van der Waals surface area contributed by atoms with Gasteiger partial charge in [-0.25, -0.2) is 0 Å². The maximum absolute atomic E-state index is 11.7. The quantitative estimate of drug-likeness (QED) is 0.432. The molecule has 0 saturated heterocycles. The molecule has 1 rings (SSSR count). The zero-order chi connectivity index (χ0) is 12.7. The molecule has 1 aromatic carbocycles. The zero-order valence-corrected chi connectivity index (χ0v) is 10.3. The van der Waals surface area contributed by atoms with Gasteiger partial charge in [-0.15, -0.1) is 0 Å². The van der Waals surface area contributed by atoms with Crippen LogP contribution in [0.4, 0.5) is 0 Å². The fourth-order valence-electron chi connectivity index (χ4n) is 1.30. The van der Waals surface area contributed by atoms with Gasteiger partial charge in [0.25, 0.3) is 0 Å². The third-order valence-electron chi connectivity index (χ3n) is 2.00. The van der Waals surface area contributed by atoms with Crippen LogP contribution in [0, 0.1) is 0 Å². The first-order chi connectivity index (χ1) is 8.13. The molecule has 0 aromatic heterocycles. The fourth-order valence-corrected chi connectivity index (χ4v) is 1.30. The van der Waals surface area contributed by atoms with Crippen molar-refractivity contribution in [1.82, 2.24) is 0 Å². The van der Waals surface area contributed by atoms with Gasteiger partial charge in [0.05, 0.1) is 12.3 Å². The van der Waals surface area contributed by atoms with Gasteiger partial charge in [-0.3, -0.25) is 4.79 Å². The van der Waals surface area contributed by atoms with Crippen LogP contribution in [0.5, 0.6) is 5.75 Å². The van der Waals surface area contributed by atoms with Gasteiger partial charge in [0.15, 0.2) is 5.78 Å². The molecule has 0 fully saturated rings. The molecule has 0 bridgehead atoms. The van der Waals surface area contributed by atoms with E-state index in [0.29, 0.717) is 5.56 Å². The molecule has 0 saturated carbocycles. The highest BCUT2D eigenvalue weighted by Gasteiger charge is 2.05. The van der Waals surface area contributed by atoms with E-state index in [1.54, 1.807) is 24.3 Å². The first kappa shape index (κ1) is 13.2. The third kappa shape index (κ3) is 4.68. The molecule has 0 aliphatic rings. The summed E-state index contributed by atoms with van der Waals surface area (Å²) in [6.45, 7) is 3.92. The molecule has 0 N–H and O–H groups in total. The molecule has 0 spiro atoms. The van der Waals surface area contributed by atoms with E-state index in [1.165, 1.54) is 13.3 Å². The van der Waals surface area contributed by atoms with E-state index in [1.807, 2.05) is 13.8 Å². The molecule has 0 heterocycles. The van der Waals surface area contributed by atoms with Crippen LogP contribution in [0.3, 0.4) is 0 Å². The van der Waals surface area contributed by atoms with Crippen molar-refractivity contribution >= 4 is 12.0 Å². The number of nitrogens with zero attached hydrogens (tertiary/aromatic N) is 1. The molecule has 0 amide bonds. The van der Waals surface area contributed by atoms with Gasteiger partial charge in [-0.1, -0.05) is 5.16 Å². The molecule has 17 heavy (non-hydrogen) atoms. The molecular weight excluding hydrogens is 218 g/mol. The van der Waals surface area contributed by atoms with Crippen LogP contribution in [-0.2, 0) is 4.84 Å². The minimum atomic E-state index is 0.00176. The minimum Gasteiger partial charge on any atom is -0.491 e. The number of ether oxygens (including phenoxy) is 1. The van der Waals surface area contributed by atoms with Crippen molar-refractivity contribution in [1.29, 1.82) is 0 Å². The molecule has 4 nitrogen and oxygen atoms in total. The van der Waals surface area contributed by atoms with E-state index in [4.69, 9.17) is 4.74 Å². The van der Waals surface area contributed by atoms with Crippen LogP contribution in [0.15, 0.2) is 29.4 Å². The lowest BCUT2D eigenvalue weighted by atomic mass is 10.1. The standard InChI is InChI=1S/C13H17NO3/c1-10(2)17-12-6-4-11(5-7-12)13(15)8-9-14-16-3/h4-7,9-10H,8H2,1-3H3/b14-9+. The molecule has 0 radical (unpaired) electrons. The van der Waals surface area contributed by atoms with E-state index in [2.05, 4.69) is 9.99 Å². The van der Waals surface area contributed by atoms with Crippen LogP contribution in [0.1, 0.15) is 30.6 Å². The highest BCUT2D eigenvalue weighted by atomic mass is 16.6. The Morgan fingerprint density at radius 3 is 2.53 bits per heavy atom. The van der Waals surface area contributed by atoms with Crippen molar-refractivity contribution in [3.63, 3.8) is 0 Å². The minimum absolute atomic E-state index is 0.00176. The van der Waals surface area contributed by atoms with Crippen molar-refractivity contribution in [3.8, 4) is 5.75 Å². The molecule has 0 unspecified atom stereocenters. The maximum Gasteiger partial charge on any atom is 0.168 e. The molecule has 1 aromatic rings. The van der Waals surface area contributed by atoms with Crippen molar-refractivity contribution in [3.05, 3.63) is 29.8 Å². The predicted octanol–water partition coefficient (Wildman–Crippen LogP) is 2.68. The van der Waals surface area contributed by atoms with Crippen LogP contribution in [-0.4, -0.2) is 25.2 Å². The molecule has 0 aliphatic heterocycles. The fraction of sp³-hybridized carbons (Fsp3) is 0.385. The van der Waals surface area contributed by atoms with E-state index in [9.17, 15) is 4.79 Å². The number of ketones is 1. The Balaban J connectivity index is 2.60. The van der Waals surface area contributed by atoms with Crippen molar-refractivity contribution in [2.45, 2.75) is 26.4 Å². The van der Waals surface area contributed by atoms with Crippen molar-refractivity contribution < 1.29 is 14.4 Å². The second-order valence-electron chi connectivity index (χ2n) is 3.79. The van der Waals surface area contributed by atoms with Crippen molar-refractivity contribution in [2.24, 2.45) is 5.16 Å². The van der Waals surface area contributed by atoms with Crippen molar-refractivity contribution in [2.75, 3.05) is 7.11 Å². The monoisotopic (exact) mass is 235 g/mol. The molecule has 92 valence electrons. The average molecular weight is 235 g/mol. The summed E-state index contributed by atoms with van der Waals surface area (Å²) in [5.74, 6) is 0.768. The Labute approximate surface area is 101 Å². The SMILES string of the molecule is CO/N=C/CC(=O)c1ccc(OC(C)C)cc1. The van der Waals surface area contributed by atoms with Gasteiger partial charge in [-0.05, 0) is 38.1 Å². The first-order valence-electron chi connectivity index (χ1n) is 5.48. The molecular formula is C13H17NO3. The Morgan fingerprint density at radius 1 is 1.35 bits per heavy atom. The summed E-state index contributed by atoms with van der Waals surface area (Å²) in [6, 6.07) is 7.09. The first-order valence-corrected chi connectivity index (χ1v) is 5.48. The van der Waals surface area contributed by atoms with Gasteiger partial charge in [0.1, 0.15) is 12.9 Å². The Morgan fingerprint density at radius 2 is 2.00 bits per heavy atom. The number of hydrogen-bond acceptors (Lipinski definition) is 4. The topological polar surface area (TPSA) is 47.9 Å². The third-order valence-corrected chi connectivity index (χ3v) is 2.00. The zero-order valence-electron chi connectivity index (χ0n) is 10.3. The normalized spacial score (nSPS) is 10.8. The Kier molecular flexibility index (Phi) is 5.20. The van der Waals surface area contributed by atoms with E-state index < -0.39 is 0 Å². The largest absolute Gasteiger partial charge is 0.491 e. The van der Waals surface area contributed by atoms with E-state index >= 15 is 0 Å². The summed E-state index contributed by atoms with van der Waals surface area (Å²) in [6.07, 6.45) is 1.81. The van der Waals surface area contributed by atoms with Gasteiger partial charge in [0, 0.05) is 12.0 Å². The Hall–Kier alpha value is -1.84. The number of carbonyl (C=O) groups is 1. The molecule has 0 aliphatic carbocycles. The number of rotatable bonds is 6. The number of carbonyl (C=O) groups excluding carboxylic acids is 1. The van der Waals surface area contributed by atoms with E-state index in [-0.39, 0.29) is 18.3 Å². The smallest absolute Gasteiger partial charge is 0.168 e. The van der Waals surface area contributed by atoms with Gasteiger partial charge >= 0.3 is 0 Å². The van der Waals surface area contributed by atoms with E-state index in [0.717, 1.165) is 5.75 Å². The number of hydrogen-bond donors (Lipinski definition) is 0. The second kappa shape index (κ2) is 6.68. The summed E-state index contributed by atoms with van der Waals surface area (Å²) in [4.78, 5) is 16.2. The van der Waals surface area contributed by atoms with Crippen LogP contribution >= 0.6 is 0 Å². The number of benzene rings is 1. The number of oxime groups is 1. The maximum atomic E-state index is 11.7.